The van der Waals surface area contributed by atoms with Crippen molar-refractivity contribution in [3.8, 4) is 0 Å². The van der Waals surface area contributed by atoms with E-state index in [1.54, 1.807) is 0 Å². The van der Waals surface area contributed by atoms with Crippen molar-refractivity contribution >= 4 is 5.97 Å². The van der Waals surface area contributed by atoms with E-state index in [0.717, 1.165) is 12.8 Å². The summed E-state index contributed by atoms with van der Waals surface area (Å²) in [6, 6.07) is 0. The molecule has 2 rings (SSSR count). The average molecular weight is 197 g/mol. The molecule has 0 aromatic heterocycles. The van der Waals surface area contributed by atoms with E-state index < -0.39 is 11.5 Å². The number of fused-ring (bicyclic) bond motifs is 2. The third-order valence-corrected chi connectivity index (χ3v) is 4.83. The highest BCUT2D eigenvalue weighted by atomic mass is 16.4. The van der Waals surface area contributed by atoms with Crippen molar-refractivity contribution in [3.05, 3.63) is 0 Å². The van der Waals surface area contributed by atoms with Crippen LogP contribution in [0.2, 0.25) is 0 Å². The first-order valence-corrected chi connectivity index (χ1v) is 5.38. The largest absolute Gasteiger partial charge is 0.481 e. The van der Waals surface area contributed by atoms with Crippen LogP contribution < -0.4 is 5.73 Å². The number of rotatable bonds is 2. The van der Waals surface area contributed by atoms with Gasteiger partial charge in [0.1, 0.15) is 0 Å². The van der Waals surface area contributed by atoms with E-state index in [4.69, 9.17) is 10.8 Å². The van der Waals surface area contributed by atoms with Crippen LogP contribution in [0.1, 0.15) is 39.5 Å². The molecule has 3 atom stereocenters. The molecule has 0 spiro atoms. The molecule has 0 aromatic rings. The van der Waals surface area contributed by atoms with E-state index in [0.29, 0.717) is 11.8 Å². The van der Waals surface area contributed by atoms with Gasteiger partial charge in [-0.2, -0.15) is 0 Å². The number of carboxylic acids is 1. The Morgan fingerprint density at radius 2 is 2.00 bits per heavy atom. The number of carboxylic acid groups (broad SMARTS) is 1. The average Bonchev–Trinajstić information content (AvgIpc) is 2.54. The Bertz CT molecular complexity index is 274. The molecular formula is C11H19NO2. The zero-order chi connectivity index (χ0) is 10.6. The predicted octanol–water partition coefficient (Wildman–Crippen LogP) is 1.61. The second-order valence-electron chi connectivity index (χ2n) is 5.54. The van der Waals surface area contributed by atoms with Crippen LogP contribution in [0.25, 0.3) is 0 Å². The van der Waals surface area contributed by atoms with Crippen molar-refractivity contribution in [2.75, 3.05) is 0 Å². The van der Waals surface area contributed by atoms with E-state index in [1.807, 2.05) is 0 Å². The van der Waals surface area contributed by atoms with Crippen molar-refractivity contribution < 1.29 is 9.90 Å². The summed E-state index contributed by atoms with van der Waals surface area (Å²) in [5, 5.41) is 8.92. The van der Waals surface area contributed by atoms with Gasteiger partial charge >= 0.3 is 5.97 Å². The molecule has 2 fully saturated rings. The van der Waals surface area contributed by atoms with Crippen molar-refractivity contribution in [2.24, 2.45) is 23.0 Å². The molecule has 0 radical (unpaired) electrons. The third-order valence-electron chi connectivity index (χ3n) is 4.83. The molecule has 3 unspecified atom stereocenters. The minimum atomic E-state index is -0.756. The van der Waals surface area contributed by atoms with Crippen LogP contribution >= 0.6 is 0 Å². The Labute approximate surface area is 84.7 Å². The Hall–Kier alpha value is -0.570. The van der Waals surface area contributed by atoms with Crippen LogP contribution in [0, 0.1) is 17.3 Å². The van der Waals surface area contributed by atoms with Crippen LogP contribution in [-0.2, 0) is 4.79 Å². The molecule has 0 aliphatic heterocycles. The van der Waals surface area contributed by atoms with E-state index in [2.05, 4.69) is 13.8 Å². The lowest BCUT2D eigenvalue weighted by Crippen LogP contribution is -2.57. The molecular weight excluding hydrogens is 178 g/mol. The second-order valence-corrected chi connectivity index (χ2v) is 5.54. The van der Waals surface area contributed by atoms with E-state index in [1.165, 1.54) is 6.42 Å². The maximum atomic E-state index is 10.8. The zero-order valence-electron chi connectivity index (χ0n) is 8.92. The van der Waals surface area contributed by atoms with Crippen LogP contribution in [0.5, 0.6) is 0 Å². The fourth-order valence-electron chi connectivity index (χ4n) is 3.63. The van der Waals surface area contributed by atoms with Gasteiger partial charge in [0.25, 0.3) is 0 Å². The molecule has 0 heterocycles. The predicted molar refractivity (Wildman–Crippen MR) is 53.8 cm³/mol. The fourth-order valence-corrected chi connectivity index (χ4v) is 3.63. The maximum absolute atomic E-state index is 10.8. The van der Waals surface area contributed by atoms with Gasteiger partial charge in [0.2, 0.25) is 0 Å². The first-order chi connectivity index (χ1) is 6.38. The molecule has 3 N–H and O–H groups in total. The highest BCUT2D eigenvalue weighted by molar-refractivity contribution is 5.69. The molecule has 2 aliphatic rings. The van der Waals surface area contributed by atoms with Gasteiger partial charge in [-0.3, -0.25) is 4.79 Å². The summed E-state index contributed by atoms with van der Waals surface area (Å²) >= 11 is 0. The number of hydrogen-bond donors (Lipinski definition) is 2. The van der Waals surface area contributed by atoms with Crippen LogP contribution in [-0.4, -0.2) is 16.6 Å². The Kier molecular flexibility index (Phi) is 1.94. The number of carbonyl (C=O) groups is 1. The fraction of sp³-hybridized carbons (Fsp3) is 0.909. The topological polar surface area (TPSA) is 63.3 Å². The van der Waals surface area contributed by atoms with E-state index >= 15 is 0 Å². The van der Waals surface area contributed by atoms with Crippen LogP contribution in [0.3, 0.4) is 0 Å². The summed E-state index contributed by atoms with van der Waals surface area (Å²) < 4.78 is 0. The molecule has 2 bridgehead atoms. The first-order valence-electron chi connectivity index (χ1n) is 5.38. The van der Waals surface area contributed by atoms with Gasteiger partial charge in [0.15, 0.2) is 0 Å². The van der Waals surface area contributed by atoms with Crippen molar-refractivity contribution in [1.29, 1.82) is 0 Å². The maximum Gasteiger partial charge on any atom is 0.305 e. The summed E-state index contributed by atoms with van der Waals surface area (Å²) in [7, 11) is 0. The third kappa shape index (κ3) is 1.05. The van der Waals surface area contributed by atoms with Gasteiger partial charge in [-0.05, 0) is 36.5 Å². The van der Waals surface area contributed by atoms with Crippen molar-refractivity contribution in [2.45, 2.75) is 45.1 Å². The molecule has 2 aliphatic carbocycles. The minimum Gasteiger partial charge on any atom is -0.481 e. The highest BCUT2D eigenvalue weighted by Crippen LogP contribution is 2.61. The Morgan fingerprint density at radius 3 is 2.43 bits per heavy atom. The molecule has 2 saturated carbocycles. The van der Waals surface area contributed by atoms with E-state index in [9.17, 15) is 4.79 Å². The normalized spacial score (nSPS) is 44.2. The number of aliphatic carboxylic acids is 1. The molecule has 0 saturated heterocycles. The molecule has 3 heteroatoms. The van der Waals surface area contributed by atoms with Crippen molar-refractivity contribution in [3.63, 3.8) is 0 Å². The van der Waals surface area contributed by atoms with Gasteiger partial charge in [-0.1, -0.05) is 13.8 Å². The van der Waals surface area contributed by atoms with Crippen LogP contribution in [0.4, 0.5) is 0 Å². The lowest BCUT2D eigenvalue weighted by molar-refractivity contribution is -0.140. The summed E-state index contributed by atoms with van der Waals surface area (Å²) in [6.07, 6.45) is 3.62. The summed E-state index contributed by atoms with van der Waals surface area (Å²) in [4.78, 5) is 10.8. The monoisotopic (exact) mass is 197 g/mol. The SMILES string of the molecule is CC1(C)C2CCC(C2)C1(N)CC(=O)O. The Morgan fingerprint density at radius 1 is 1.43 bits per heavy atom. The smallest absolute Gasteiger partial charge is 0.305 e. The minimum absolute atomic E-state index is 0.00565. The molecule has 0 amide bonds. The second kappa shape index (κ2) is 2.72. The van der Waals surface area contributed by atoms with E-state index in [-0.39, 0.29) is 11.8 Å². The van der Waals surface area contributed by atoms with Crippen LogP contribution in [0.15, 0.2) is 0 Å². The van der Waals surface area contributed by atoms with Crippen molar-refractivity contribution in [1.82, 2.24) is 0 Å². The lowest BCUT2D eigenvalue weighted by Gasteiger charge is -2.46. The summed E-state index contributed by atoms with van der Waals surface area (Å²) in [5.41, 5.74) is 5.87. The van der Waals surface area contributed by atoms with Gasteiger partial charge in [-0.15, -0.1) is 0 Å². The van der Waals surface area contributed by atoms with Gasteiger partial charge < -0.3 is 10.8 Å². The van der Waals surface area contributed by atoms with Gasteiger partial charge in [0.05, 0.1) is 6.42 Å². The lowest BCUT2D eigenvalue weighted by atomic mass is 9.62. The molecule has 0 aromatic carbocycles. The number of nitrogens with two attached hydrogens (primary N) is 1. The quantitative estimate of drug-likeness (QED) is 0.707. The Balaban J connectivity index is 2.29. The zero-order valence-corrected chi connectivity index (χ0v) is 8.92. The molecule has 80 valence electrons. The van der Waals surface area contributed by atoms with Gasteiger partial charge in [-0.25, -0.2) is 0 Å². The first kappa shape index (κ1) is 9.97. The standard InChI is InChI=1S/C11H19NO2/c1-10(2)7-3-4-8(5-7)11(10,12)6-9(13)14/h7-8H,3-6,12H2,1-2H3,(H,13,14). The highest BCUT2D eigenvalue weighted by Gasteiger charge is 2.61. The molecule has 14 heavy (non-hydrogen) atoms. The van der Waals surface area contributed by atoms with Gasteiger partial charge in [0, 0.05) is 5.54 Å². The molecule has 3 nitrogen and oxygen atoms in total. The number of hydrogen-bond acceptors (Lipinski definition) is 2. The summed E-state index contributed by atoms with van der Waals surface area (Å²) in [6.45, 7) is 4.28. The summed E-state index contributed by atoms with van der Waals surface area (Å²) in [5.74, 6) is 0.309.